The number of carbonyl (C=O) groups excluding carboxylic acids is 1. The second-order valence-electron chi connectivity index (χ2n) is 8.00. The number of urea groups is 1. The molecule has 1 atom stereocenters. The van der Waals surface area contributed by atoms with Crippen LogP contribution in [0.2, 0.25) is 5.02 Å². The molecule has 2 aromatic carbocycles. The summed E-state index contributed by atoms with van der Waals surface area (Å²) in [6.45, 7) is 1.73. The first-order chi connectivity index (χ1) is 15.6. The molecular formula is C23H24ClN7O. The maximum absolute atomic E-state index is 12.6. The lowest BCUT2D eigenvalue weighted by molar-refractivity contribution is 0.249. The number of halogens is 1. The van der Waals surface area contributed by atoms with Gasteiger partial charge in [-0.05, 0) is 67.3 Å². The minimum atomic E-state index is -0.187. The van der Waals surface area contributed by atoms with E-state index in [1.807, 2.05) is 30.3 Å². The first kappa shape index (κ1) is 20.5. The number of nitrogens with zero attached hydrogens (tertiary/aromatic N) is 2. The van der Waals surface area contributed by atoms with Crippen LogP contribution in [0.15, 0.2) is 48.7 Å². The number of benzene rings is 2. The first-order valence-electron chi connectivity index (χ1n) is 10.7. The van der Waals surface area contributed by atoms with Crippen LogP contribution in [-0.4, -0.2) is 35.1 Å². The van der Waals surface area contributed by atoms with E-state index < -0.39 is 0 Å². The molecule has 2 aliphatic heterocycles. The second kappa shape index (κ2) is 9.02. The van der Waals surface area contributed by atoms with Gasteiger partial charge in [-0.3, -0.25) is 0 Å². The number of carbonyl (C=O) groups is 1. The number of hydrogen-bond acceptors (Lipinski definition) is 6. The monoisotopic (exact) mass is 449 g/mol. The maximum atomic E-state index is 12.6. The third-order valence-electron chi connectivity index (χ3n) is 5.62. The van der Waals surface area contributed by atoms with Gasteiger partial charge in [-0.1, -0.05) is 23.7 Å². The number of anilines is 5. The van der Waals surface area contributed by atoms with E-state index in [0.717, 1.165) is 55.0 Å². The number of rotatable bonds is 2. The molecule has 5 rings (SSSR count). The fourth-order valence-corrected chi connectivity index (χ4v) is 4.12. The molecule has 164 valence electrons. The lowest BCUT2D eigenvalue weighted by Crippen LogP contribution is -2.39. The van der Waals surface area contributed by atoms with Gasteiger partial charge in [0.15, 0.2) is 5.82 Å². The van der Waals surface area contributed by atoms with Crippen molar-refractivity contribution in [2.24, 2.45) is 0 Å². The van der Waals surface area contributed by atoms with E-state index in [4.69, 9.17) is 11.6 Å². The van der Waals surface area contributed by atoms with Gasteiger partial charge < -0.3 is 26.6 Å². The summed E-state index contributed by atoms with van der Waals surface area (Å²) in [7, 11) is 0. The van der Waals surface area contributed by atoms with Crippen molar-refractivity contribution in [2.45, 2.75) is 25.3 Å². The molecule has 0 saturated carbocycles. The Bertz CT molecular complexity index is 1150. The zero-order chi connectivity index (χ0) is 21.9. The highest BCUT2D eigenvalue weighted by molar-refractivity contribution is 6.32. The van der Waals surface area contributed by atoms with Gasteiger partial charge in [0.05, 0.1) is 6.20 Å². The molecule has 6 bridgehead atoms. The van der Waals surface area contributed by atoms with Gasteiger partial charge in [-0.2, -0.15) is 4.98 Å². The third-order valence-corrected chi connectivity index (χ3v) is 5.90. The zero-order valence-electron chi connectivity index (χ0n) is 17.4. The molecule has 1 saturated heterocycles. The molecule has 9 heteroatoms. The third kappa shape index (κ3) is 4.76. The van der Waals surface area contributed by atoms with Gasteiger partial charge in [0.1, 0.15) is 5.02 Å². The average molecular weight is 450 g/mol. The predicted octanol–water partition coefficient (Wildman–Crippen LogP) is 4.20. The Morgan fingerprint density at radius 1 is 1.09 bits per heavy atom. The summed E-state index contributed by atoms with van der Waals surface area (Å²) in [5, 5.41) is 16.3. The summed E-state index contributed by atoms with van der Waals surface area (Å²) in [4.78, 5) is 21.4. The Balaban J connectivity index is 1.46. The molecule has 2 aliphatic rings. The smallest absolute Gasteiger partial charge is 0.319 e. The topological polar surface area (TPSA) is 103 Å². The Kier molecular flexibility index (Phi) is 5.79. The van der Waals surface area contributed by atoms with Gasteiger partial charge in [-0.25, -0.2) is 9.78 Å². The molecule has 0 spiro atoms. The number of fused-ring (bicyclic) bond motifs is 6. The molecule has 32 heavy (non-hydrogen) atoms. The number of hydrogen-bond donors (Lipinski definition) is 5. The molecule has 3 heterocycles. The van der Waals surface area contributed by atoms with Crippen LogP contribution in [0, 0.1) is 0 Å². The normalized spacial score (nSPS) is 17.1. The van der Waals surface area contributed by atoms with Crippen LogP contribution < -0.4 is 26.6 Å². The van der Waals surface area contributed by atoms with Crippen molar-refractivity contribution in [1.82, 2.24) is 20.6 Å². The van der Waals surface area contributed by atoms with Crippen molar-refractivity contribution in [3.05, 3.63) is 64.8 Å². The van der Waals surface area contributed by atoms with Crippen molar-refractivity contribution >= 4 is 46.5 Å². The molecule has 0 unspecified atom stereocenters. The largest absolute Gasteiger partial charge is 0.339 e. The van der Waals surface area contributed by atoms with Crippen LogP contribution in [0.1, 0.15) is 17.5 Å². The van der Waals surface area contributed by atoms with Gasteiger partial charge >= 0.3 is 6.03 Å². The Morgan fingerprint density at radius 3 is 2.88 bits per heavy atom. The molecule has 1 aromatic heterocycles. The van der Waals surface area contributed by atoms with Gasteiger partial charge in [0, 0.05) is 29.6 Å². The van der Waals surface area contributed by atoms with Crippen LogP contribution in [0.25, 0.3) is 0 Å². The van der Waals surface area contributed by atoms with Crippen molar-refractivity contribution in [2.75, 3.05) is 29.0 Å². The Morgan fingerprint density at radius 2 is 2.00 bits per heavy atom. The molecule has 2 amide bonds. The SMILES string of the molecule is O=C(Nc1ccc2cc1CCc1cccc(c1)Nc1ncc(Cl)c(n1)N2)N[C@@H]1CCNC1. The fraction of sp³-hybridized carbons (Fsp3) is 0.261. The zero-order valence-corrected chi connectivity index (χ0v) is 18.2. The van der Waals surface area contributed by atoms with Gasteiger partial charge in [-0.15, -0.1) is 0 Å². The van der Waals surface area contributed by atoms with Crippen LogP contribution in [0.3, 0.4) is 0 Å². The van der Waals surface area contributed by atoms with E-state index in [1.54, 1.807) is 6.20 Å². The fourth-order valence-electron chi connectivity index (χ4n) is 3.99. The number of aryl methyl sites for hydroxylation is 2. The van der Waals surface area contributed by atoms with Crippen molar-refractivity contribution in [3.63, 3.8) is 0 Å². The van der Waals surface area contributed by atoms with E-state index in [0.29, 0.717) is 16.8 Å². The van der Waals surface area contributed by atoms with Crippen LogP contribution >= 0.6 is 11.6 Å². The number of nitrogens with one attached hydrogen (secondary N) is 5. The molecule has 0 aliphatic carbocycles. The van der Waals surface area contributed by atoms with Crippen molar-refractivity contribution in [1.29, 1.82) is 0 Å². The first-order valence-corrected chi connectivity index (χ1v) is 11.1. The van der Waals surface area contributed by atoms with Gasteiger partial charge in [0.25, 0.3) is 0 Å². The number of amides is 2. The highest BCUT2D eigenvalue weighted by Gasteiger charge is 2.18. The van der Waals surface area contributed by atoms with E-state index >= 15 is 0 Å². The molecule has 0 radical (unpaired) electrons. The Labute approximate surface area is 191 Å². The number of aromatic nitrogens is 2. The summed E-state index contributed by atoms with van der Waals surface area (Å²) in [6, 6.07) is 14.0. The van der Waals surface area contributed by atoms with E-state index in [-0.39, 0.29) is 12.1 Å². The summed E-state index contributed by atoms with van der Waals surface area (Å²) < 4.78 is 0. The molecule has 1 fully saturated rings. The van der Waals surface area contributed by atoms with Crippen molar-refractivity contribution < 1.29 is 4.79 Å². The minimum absolute atomic E-state index is 0.158. The summed E-state index contributed by atoms with van der Waals surface area (Å²) in [5.41, 5.74) is 4.73. The lowest BCUT2D eigenvalue weighted by atomic mass is 10.0. The summed E-state index contributed by atoms with van der Waals surface area (Å²) in [6.07, 6.45) is 4.09. The highest BCUT2D eigenvalue weighted by atomic mass is 35.5. The summed E-state index contributed by atoms with van der Waals surface area (Å²) >= 11 is 6.33. The standard InChI is InChI=1S/C23H24ClN7O/c24-19-13-26-22-28-16-3-1-2-14(10-16)4-5-15-11-17(27-21(19)31-22)6-7-20(15)30-23(32)29-18-8-9-25-12-18/h1-3,6-7,10-11,13,18,25H,4-5,8-9,12H2,(H2,29,30,32)(H2,26,27,28,31)/t18-/m1/s1. The van der Waals surface area contributed by atoms with Crippen LogP contribution in [0.4, 0.5) is 33.6 Å². The molecular weight excluding hydrogens is 426 g/mol. The van der Waals surface area contributed by atoms with Crippen LogP contribution in [0.5, 0.6) is 0 Å². The Hall–Kier alpha value is -3.36. The van der Waals surface area contributed by atoms with Gasteiger partial charge in [0.2, 0.25) is 5.95 Å². The average Bonchev–Trinajstić information content (AvgIpc) is 3.29. The highest BCUT2D eigenvalue weighted by Crippen LogP contribution is 2.29. The van der Waals surface area contributed by atoms with Crippen molar-refractivity contribution in [3.8, 4) is 0 Å². The van der Waals surface area contributed by atoms with E-state index in [9.17, 15) is 4.79 Å². The predicted molar refractivity (Wildman–Crippen MR) is 127 cm³/mol. The van der Waals surface area contributed by atoms with E-state index in [2.05, 4.69) is 48.7 Å². The minimum Gasteiger partial charge on any atom is -0.339 e. The van der Waals surface area contributed by atoms with E-state index in [1.165, 1.54) is 5.56 Å². The maximum Gasteiger partial charge on any atom is 0.319 e. The molecule has 3 aromatic rings. The molecule has 5 N–H and O–H groups in total. The second-order valence-corrected chi connectivity index (χ2v) is 8.41. The quantitative estimate of drug-likeness (QED) is 0.402. The summed E-state index contributed by atoms with van der Waals surface area (Å²) in [5.74, 6) is 0.975. The lowest BCUT2D eigenvalue weighted by Gasteiger charge is -2.16. The van der Waals surface area contributed by atoms with Crippen LogP contribution in [-0.2, 0) is 12.8 Å². The molecule has 8 nitrogen and oxygen atoms in total.